The number of ketones is 1. The first kappa shape index (κ1) is 20.7. The minimum Gasteiger partial charge on any atom is -0.316 e. The molecule has 1 aromatic carbocycles. The van der Waals surface area contributed by atoms with Crippen LogP contribution in [0.15, 0.2) is 48.9 Å². The van der Waals surface area contributed by atoms with Gasteiger partial charge in [0.1, 0.15) is 5.82 Å². The van der Waals surface area contributed by atoms with Crippen molar-refractivity contribution in [2.45, 2.75) is 50.9 Å². The summed E-state index contributed by atoms with van der Waals surface area (Å²) in [6.45, 7) is 6.09. The molecule has 3 unspecified atom stereocenters. The number of aryl methyl sites for hydroxylation is 1. The first-order chi connectivity index (χ1) is 16.0. The van der Waals surface area contributed by atoms with Gasteiger partial charge in [-0.25, -0.2) is 9.97 Å². The van der Waals surface area contributed by atoms with Gasteiger partial charge in [0.15, 0.2) is 5.78 Å². The molecule has 33 heavy (non-hydrogen) atoms. The fraction of sp³-hybridized carbons (Fsp3) is 0.429. The number of benzene rings is 1. The fourth-order valence-electron chi connectivity index (χ4n) is 5.91. The Hall–Kier alpha value is -2.92. The number of fused-ring (bicyclic) bond motifs is 2. The summed E-state index contributed by atoms with van der Waals surface area (Å²) in [6, 6.07) is 10.5. The van der Waals surface area contributed by atoms with E-state index in [2.05, 4.69) is 48.4 Å². The van der Waals surface area contributed by atoms with Crippen molar-refractivity contribution in [2.75, 3.05) is 13.1 Å². The largest absolute Gasteiger partial charge is 0.316 e. The van der Waals surface area contributed by atoms with E-state index in [1.165, 1.54) is 29.5 Å². The maximum atomic E-state index is 13.4. The average Bonchev–Trinajstić information content (AvgIpc) is 3.55. The van der Waals surface area contributed by atoms with Gasteiger partial charge in [-0.3, -0.25) is 9.78 Å². The SMILES string of the molecule is Cc1ccnc(-c2cnc(C3CC4(CC4)c4ccc(C(=O)C5CCNCC5C)cc43)nc2)c1. The highest BCUT2D eigenvalue weighted by Gasteiger charge is 2.53. The van der Waals surface area contributed by atoms with Crippen LogP contribution in [-0.4, -0.2) is 33.8 Å². The van der Waals surface area contributed by atoms with E-state index in [1.54, 1.807) is 0 Å². The molecule has 0 radical (unpaired) electrons. The van der Waals surface area contributed by atoms with Crippen LogP contribution in [0.5, 0.6) is 0 Å². The van der Waals surface area contributed by atoms with Gasteiger partial charge in [-0.2, -0.15) is 0 Å². The molecule has 3 atom stereocenters. The molecule has 5 nitrogen and oxygen atoms in total. The van der Waals surface area contributed by atoms with Crippen LogP contribution in [0, 0.1) is 18.8 Å². The first-order valence-corrected chi connectivity index (χ1v) is 12.2. The fourth-order valence-corrected chi connectivity index (χ4v) is 5.91. The van der Waals surface area contributed by atoms with E-state index in [4.69, 9.17) is 9.97 Å². The zero-order valence-corrected chi connectivity index (χ0v) is 19.3. The first-order valence-electron chi connectivity index (χ1n) is 12.2. The van der Waals surface area contributed by atoms with E-state index in [1.807, 2.05) is 24.7 Å². The minimum atomic E-state index is 0.108. The highest BCUT2D eigenvalue weighted by atomic mass is 16.1. The maximum absolute atomic E-state index is 13.4. The number of Topliss-reactive ketones (excluding diaryl/α,β-unsaturated/α-hetero) is 1. The monoisotopic (exact) mass is 438 g/mol. The molecule has 3 heterocycles. The molecule has 2 aromatic heterocycles. The third kappa shape index (κ3) is 3.59. The van der Waals surface area contributed by atoms with Crippen LogP contribution in [0.3, 0.4) is 0 Å². The summed E-state index contributed by atoms with van der Waals surface area (Å²) < 4.78 is 0. The molecule has 3 aliphatic rings. The molecule has 2 fully saturated rings. The summed E-state index contributed by atoms with van der Waals surface area (Å²) >= 11 is 0. The van der Waals surface area contributed by atoms with E-state index < -0.39 is 0 Å². The van der Waals surface area contributed by atoms with E-state index in [0.717, 1.165) is 48.6 Å². The van der Waals surface area contributed by atoms with Gasteiger partial charge >= 0.3 is 0 Å². The molecule has 1 saturated carbocycles. The lowest BCUT2D eigenvalue weighted by atomic mass is 9.81. The van der Waals surface area contributed by atoms with Crippen LogP contribution < -0.4 is 5.32 Å². The minimum absolute atomic E-state index is 0.108. The molecular formula is C28H30N4O. The number of nitrogens with one attached hydrogen (secondary N) is 1. The Morgan fingerprint density at radius 3 is 2.64 bits per heavy atom. The number of rotatable bonds is 4. The number of nitrogens with zero attached hydrogens (tertiary/aromatic N) is 3. The van der Waals surface area contributed by atoms with Crippen LogP contribution in [0.1, 0.15) is 71.4 Å². The molecule has 3 aromatic rings. The summed E-state index contributed by atoms with van der Waals surface area (Å²) in [4.78, 5) is 27.4. The molecule has 5 heteroatoms. The standard InChI is InChI=1S/C28H30N4O/c1-17-5-10-30-25(11-17)20-15-31-27(32-16-20)23-13-28(7-8-28)24-4-3-19(12-22(23)24)26(33)21-6-9-29-14-18(21)2/h3-5,10-12,15-16,18,21,23,29H,6-9,13-14H2,1-2H3. The van der Waals surface area contributed by atoms with Crippen molar-refractivity contribution in [3.8, 4) is 11.3 Å². The molecule has 1 spiro atoms. The van der Waals surface area contributed by atoms with Crippen molar-refractivity contribution < 1.29 is 4.79 Å². The Morgan fingerprint density at radius 1 is 1.09 bits per heavy atom. The Balaban J connectivity index is 1.33. The smallest absolute Gasteiger partial charge is 0.166 e. The molecule has 1 saturated heterocycles. The van der Waals surface area contributed by atoms with Crippen LogP contribution in [0.25, 0.3) is 11.3 Å². The highest BCUT2D eigenvalue weighted by Crippen LogP contribution is 2.61. The van der Waals surface area contributed by atoms with Gasteiger partial charge in [0.05, 0.1) is 5.69 Å². The number of hydrogen-bond donors (Lipinski definition) is 1. The van der Waals surface area contributed by atoms with Crippen molar-refractivity contribution >= 4 is 5.78 Å². The normalized spacial score (nSPS) is 25.1. The molecule has 1 aliphatic heterocycles. The molecule has 0 amide bonds. The Kier molecular flexibility index (Phi) is 4.91. The van der Waals surface area contributed by atoms with Crippen molar-refractivity contribution in [3.05, 3.63) is 77.0 Å². The number of aromatic nitrogens is 3. The summed E-state index contributed by atoms with van der Waals surface area (Å²) in [6.07, 6.45) is 10.0. The highest BCUT2D eigenvalue weighted by molar-refractivity contribution is 5.98. The van der Waals surface area contributed by atoms with Crippen LogP contribution in [0.2, 0.25) is 0 Å². The lowest BCUT2D eigenvalue weighted by Gasteiger charge is -2.28. The number of carbonyl (C=O) groups is 1. The Labute approximate surface area is 195 Å². The molecule has 1 N–H and O–H groups in total. The van der Waals surface area contributed by atoms with Gasteiger partial charge in [-0.1, -0.05) is 19.1 Å². The van der Waals surface area contributed by atoms with Crippen LogP contribution in [0.4, 0.5) is 0 Å². The van der Waals surface area contributed by atoms with Crippen molar-refractivity contribution in [2.24, 2.45) is 11.8 Å². The van der Waals surface area contributed by atoms with E-state index >= 15 is 0 Å². The lowest BCUT2D eigenvalue weighted by Crippen LogP contribution is -2.38. The molecule has 2 aliphatic carbocycles. The predicted molar refractivity (Wildman–Crippen MR) is 128 cm³/mol. The molecule has 168 valence electrons. The summed E-state index contributed by atoms with van der Waals surface area (Å²) in [7, 11) is 0. The molecular weight excluding hydrogens is 408 g/mol. The lowest BCUT2D eigenvalue weighted by molar-refractivity contribution is 0.0848. The third-order valence-electron chi connectivity index (χ3n) is 8.05. The van der Waals surface area contributed by atoms with Crippen molar-refractivity contribution in [1.29, 1.82) is 0 Å². The van der Waals surface area contributed by atoms with E-state index in [9.17, 15) is 4.79 Å². The van der Waals surface area contributed by atoms with Gasteiger partial charge in [0, 0.05) is 41.6 Å². The summed E-state index contributed by atoms with van der Waals surface area (Å²) in [5.74, 6) is 1.79. The van der Waals surface area contributed by atoms with Crippen LogP contribution >= 0.6 is 0 Å². The number of hydrogen-bond acceptors (Lipinski definition) is 5. The van der Waals surface area contributed by atoms with Gasteiger partial charge in [0.2, 0.25) is 0 Å². The van der Waals surface area contributed by atoms with E-state index in [-0.39, 0.29) is 17.3 Å². The third-order valence-corrected chi connectivity index (χ3v) is 8.05. The molecule has 6 rings (SSSR count). The summed E-state index contributed by atoms with van der Waals surface area (Å²) in [5.41, 5.74) is 6.81. The quantitative estimate of drug-likeness (QED) is 0.590. The topological polar surface area (TPSA) is 67.8 Å². The van der Waals surface area contributed by atoms with E-state index in [0.29, 0.717) is 11.7 Å². The number of pyridine rings is 1. The second-order valence-corrected chi connectivity index (χ2v) is 10.3. The second kappa shape index (κ2) is 7.84. The molecule has 0 bridgehead atoms. The Bertz CT molecular complexity index is 1210. The van der Waals surface area contributed by atoms with Gasteiger partial charge < -0.3 is 5.32 Å². The maximum Gasteiger partial charge on any atom is 0.166 e. The van der Waals surface area contributed by atoms with Crippen LogP contribution in [-0.2, 0) is 5.41 Å². The van der Waals surface area contributed by atoms with Gasteiger partial charge in [0.25, 0.3) is 0 Å². The van der Waals surface area contributed by atoms with Gasteiger partial charge in [-0.05, 0) is 91.9 Å². The second-order valence-electron chi connectivity index (χ2n) is 10.3. The zero-order valence-electron chi connectivity index (χ0n) is 19.3. The summed E-state index contributed by atoms with van der Waals surface area (Å²) in [5, 5.41) is 3.41. The average molecular weight is 439 g/mol. The zero-order chi connectivity index (χ0) is 22.6. The number of piperidine rings is 1. The Morgan fingerprint density at radius 2 is 1.91 bits per heavy atom. The van der Waals surface area contributed by atoms with Crippen molar-refractivity contribution in [1.82, 2.24) is 20.3 Å². The number of carbonyl (C=O) groups excluding carboxylic acids is 1. The van der Waals surface area contributed by atoms with Gasteiger partial charge in [-0.15, -0.1) is 0 Å². The van der Waals surface area contributed by atoms with Crippen molar-refractivity contribution in [3.63, 3.8) is 0 Å². The predicted octanol–water partition coefficient (Wildman–Crippen LogP) is 4.84.